The van der Waals surface area contributed by atoms with E-state index in [-0.39, 0.29) is 27.4 Å². The zero-order chi connectivity index (χ0) is 22.2. The standard InChI is InChI=1S/C23H26ClN3O3S/c1-15(2)22(16-9-5-3-6-10-16)25-23(28)17-13-20-19(14-18(17)24)27-12-8-4-7-11-21(27)26-31(20,29)30/h3,5-6,9-10,13-15,22H,4,7-8,11-12H2,1-2H3,(H,25,28). The van der Waals surface area contributed by atoms with Crippen LogP contribution < -0.4 is 10.2 Å². The third-order valence-electron chi connectivity index (χ3n) is 5.79. The lowest BCUT2D eigenvalue weighted by Gasteiger charge is -2.30. The third-order valence-corrected chi connectivity index (χ3v) is 7.44. The molecule has 0 bridgehead atoms. The summed E-state index contributed by atoms with van der Waals surface area (Å²) < 4.78 is 29.8. The van der Waals surface area contributed by atoms with Gasteiger partial charge in [-0.1, -0.05) is 62.2 Å². The minimum absolute atomic E-state index is 0.0357. The van der Waals surface area contributed by atoms with E-state index in [0.717, 1.165) is 24.8 Å². The molecule has 0 radical (unpaired) electrons. The first-order chi connectivity index (χ1) is 14.8. The van der Waals surface area contributed by atoms with Crippen LogP contribution in [0.15, 0.2) is 51.8 Å². The topological polar surface area (TPSA) is 78.8 Å². The smallest absolute Gasteiger partial charge is 0.286 e. The van der Waals surface area contributed by atoms with Gasteiger partial charge in [-0.15, -0.1) is 4.40 Å². The van der Waals surface area contributed by atoms with Gasteiger partial charge in [0.05, 0.1) is 22.3 Å². The zero-order valence-corrected chi connectivity index (χ0v) is 19.2. The molecule has 2 aromatic rings. The van der Waals surface area contributed by atoms with Crippen molar-refractivity contribution in [3.05, 3.63) is 58.6 Å². The lowest BCUT2D eigenvalue weighted by molar-refractivity contribution is 0.0925. The van der Waals surface area contributed by atoms with Crippen LogP contribution in [0.1, 0.15) is 61.5 Å². The van der Waals surface area contributed by atoms with E-state index in [2.05, 4.69) is 9.71 Å². The van der Waals surface area contributed by atoms with E-state index in [1.54, 1.807) is 6.07 Å². The van der Waals surface area contributed by atoms with Crippen LogP contribution in [-0.2, 0) is 10.0 Å². The number of amides is 1. The SMILES string of the molecule is CC(C)C(NC(=O)c1cc2c(cc1Cl)N1CCCCCC1=NS2(=O)=O)c1ccccc1. The van der Waals surface area contributed by atoms with Crippen molar-refractivity contribution in [2.24, 2.45) is 10.3 Å². The quantitative estimate of drug-likeness (QED) is 0.701. The molecule has 0 spiro atoms. The second-order valence-corrected chi connectivity index (χ2v) is 10.3. The van der Waals surface area contributed by atoms with Gasteiger partial charge in [0.2, 0.25) is 0 Å². The molecule has 6 nitrogen and oxygen atoms in total. The highest BCUT2D eigenvalue weighted by Crippen LogP contribution is 2.38. The first kappa shape index (κ1) is 21.8. The summed E-state index contributed by atoms with van der Waals surface area (Å²) in [6, 6.07) is 12.4. The number of hydrogen-bond acceptors (Lipinski definition) is 4. The summed E-state index contributed by atoms with van der Waals surface area (Å²) in [6.45, 7) is 4.73. The Morgan fingerprint density at radius 2 is 1.87 bits per heavy atom. The Hall–Kier alpha value is -2.38. The number of carbonyl (C=O) groups is 1. The monoisotopic (exact) mass is 459 g/mol. The highest BCUT2D eigenvalue weighted by atomic mass is 35.5. The molecule has 2 aromatic carbocycles. The highest BCUT2D eigenvalue weighted by Gasteiger charge is 2.33. The Morgan fingerprint density at radius 1 is 1.13 bits per heavy atom. The molecule has 8 heteroatoms. The number of rotatable bonds is 4. The molecule has 1 unspecified atom stereocenters. The van der Waals surface area contributed by atoms with Gasteiger partial charge in [0.15, 0.2) is 0 Å². The molecule has 1 fully saturated rings. The minimum Gasteiger partial charge on any atom is -0.345 e. The van der Waals surface area contributed by atoms with E-state index in [1.807, 2.05) is 49.1 Å². The maximum absolute atomic E-state index is 13.1. The summed E-state index contributed by atoms with van der Waals surface area (Å²) in [5.74, 6) is 0.286. The fourth-order valence-corrected chi connectivity index (χ4v) is 5.69. The summed E-state index contributed by atoms with van der Waals surface area (Å²) in [5.41, 5.74) is 1.63. The van der Waals surface area contributed by atoms with Crippen molar-refractivity contribution in [1.82, 2.24) is 5.32 Å². The molecule has 164 valence electrons. The number of amidine groups is 1. The second kappa shape index (κ2) is 8.63. The number of nitrogens with one attached hydrogen (secondary N) is 1. The molecule has 1 saturated heterocycles. The normalized spacial score (nSPS) is 18.5. The van der Waals surface area contributed by atoms with Crippen LogP contribution in [0.5, 0.6) is 0 Å². The molecule has 1 amide bonds. The van der Waals surface area contributed by atoms with Gasteiger partial charge in [-0.25, -0.2) is 0 Å². The predicted molar refractivity (Wildman–Crippen MR) is 123 cm³/mol. The molecule has 1 atom stereocenters. The Kier molecular flexibility index (Phi) is 6.08. The van der Waals surface area contributed by atoms with Crippen LogP contribution in [0.25, 0.3) is 0 Å². The summed E-state index contributed by atoms with van der Waals surface area (Å²) in [5, 5.41) is 3.25. The molecule has 0 aromatic heterocycles. The number of halogens is 1. The number of nitrogens with zero attached hydrogens (tertiary/aromatic N) is 2. The van der Waals surface area contributed by atoms with E-state index in [0.29, 0.717) is 24.5 Å². The number of benzene rings is 2. The number of carbonyl (C=O) groups excluding carboxylic acids is 1. The van der Waals surface area contributed by atoms with Crippen molar-refractivity contribution in [3.63, 3.8) is 0 Å². The number of fused-ring (bicyclic) bond motifs is 3. The molecular weight excluding hydrogens is 434 g/mol. The largest absolute Gasteiger partial charge is 0.345 e. The Labute approximate surface area is 188 Å². The predicted octanol–water partition coefficient (Wildman–Crippen LogP) is 4.95. The average molecular weight is 460 g/mol. The fourth-order valence-electron chi connectivity index (χ4n) is 4.18. The molecule has 2 heterocycles. The maximum Gasteiger partial charge on any atom is 0.286 e. The molecule has 0 saturated carbocycles. The van der Waals surface area contributed by atoms with Crippen LogP contribution in [0, 0.1) is 5.92 Å². The second-order valence-electron chi connectivity index (χ2n) is 8.35. The van der Waals surface area contributed by atoms with Crippen LogP contribution in [0.2, 0.25) is 5.02 Å². The van der Waals surface area contributed by atoms with E-state index < -0.39 is 15.9 Å². The van der Waals surface area contributed by atoms with Crippen molar-refractivity contribution in [2.45, 2.75) is 50.5 Å². The highest BCUT2D eigenvalue weighted by molar-refractivity contribution is 7.90. The summed E-state index contributed by atoms with van der Waals surface area (Å²) >= 11 is 6.51. The molecular formula is C23H26ClN3O3S. The Bertz CT molecular complexity index is 1130. The van der Waals surface area contributed by atoms with E-state index >= 15 is 0 Å². The zero-order valence-electron chi connectivity index (χ0n) is 17.6. The van der Waals surface area contributed by atoms with E-state index in [1.165, 1.54) is 6.07 Å². The molecule has 1 N–H and O–H groups in total. The fraction of sp³-hybridized carbons (Fsp3) is 0.391. The number of hydrogen-bond donors (Lipinski definition) is 1. The van der Waals surface area contributed by atoms with Gasteiger partial charge in [-0.05, 0) is 36.5 Å². The molecule has 2 aliphatic rings. The summed E-state index contributed by atoms with van der Waals surface area (Å²) in [6.07, 6.45) is 3.50. The lowest BCUT2D eigenvalue weighted by Crippen LogP contribution is -2.36. The molecule has 0 aliphatic carbocycles. The van der Waals surface area contributed by atoms with Gasteiger partial charge >= 0.3 is 0 Å². The number of anilines is 1. The average Bonchev–Trinajstić information content (AvgIpc) is 2.96. The Morgan fingerprint density at radius 3 is 2.58 bits per heavy atom. The van der Waals surface area contributed by atoms with Crippen molar-refractivity contribution in [2.75, 3.05) is 11.4 Å². The van der Waals surface area contributed by atoms with Crippen LogP contribution in [0.3, 0.4) is 0 Å². The molecule has 2 aliphatic heterocycles. The van der Waals surface area contributed by atoms with Crippen molar-refractivity contribution in [1.29, 1.82) is 0 Å². The van der Waals surface area contributed by atoms with Gasteiger partial charge < -0.3 is 10.2 Å². The van der Waals surface area contributed by atoms with E-state index in [4.69, 9.17) is 11.6 Å². The van der Waals surface area contributed by atoms with Crippen LogP contribution in [-0.4, -0.2) is 26.7 Å². The van der Waals surface area contributed by atoms with Crippen molar-refractivity contribution < 1.29 is 13.2 Å². The van der Waals surface area contributed by atoms with Crippen LogP contribution >= 0.6 is 11.6 Å². The van der Waals surface area contributed by atoms with Crippen LogP contribution in [0.4, 0.5) is 5.69 Å². The Balaban J connectivity index is 1.71. The third kappa shape index (κ3) is 4.34. The van der Waals surface area contributed by atoms with E-state index in [9.17, 15) is 13.2 Å². The van der Waals surface area contributed by atoms with Gasteiger partial charge in [-0.2, -0.15) is 8.42 Å². The molecule has 31 heavy (non-hydrogen) atoms. The first-order valence-electron chi connectivity index (χ1n) is 10.6. The van der Waals surface area contributed by atoms with Gasteiger partial charge in [0, 0.05) is 13.0 Å². The first-order valence-corrected chi connectivity index (χ1v) is 12.4. The van der Waals surface area contributed by atoms with Gasteiger partial charge in [0.25, 0.3) is 15.9 Å². The minimum atomic E-state index is -3.89. The summed E-state index contributed by atoms with van der Waals surface area (Å²) in [4.78, 5) is 15.1. The van der Waals surface area contributed by atoms with Gasteiger partial charge in [0.1, 0.15) is 10.7 Å². The van der Waals surface area contributed by atoms with Crippen molar-refractivity contribution >= 4 is 39.1 Å². The summed E-state index contributed by atoms with van der Waals surface area (Å²) in [7, 11) is -3.89. The van der Waals surface area contributed by atoms with Crippen molar-refractivity contribution in [3.8, 4) is 0 Å². The lowest BCUT2D eigenvalue weighted by atomic mass is 9.95. The van der Waals surface area contributed by atoms with Gasteiger partial charge in [-0.3, -0.25) is 4.79 Å². The maximum atomic E-state index is 13.1. The number of sulfonamides is 1. The molecule has 4 rings (SSSR count).